The van der Waals surface area contributed by atoms with Crippen LogP contribution < -0.4 is 15.0 Å². The highest BCUT2D eigenvalue weighted by atomic mass is 16.5. The summed E-state index contributed by atoms with van der Waals surface area (Å²) in [5.74, 6) is 1.26. The molecule has 0 radical (unpaired) electrons. The maximum absolute atomic E-state index is 12.2. The second-order valence-corrected chi connectivity index (χ2v) is 5.46. The van der Waals surface area contributed by atoms with Crippen molar-refractivity contribution in [1.29, 1.82) is 0 Å². The van der Waals surface area contributed by atoms with Crippen LogP contribution >= 0.6 is 0 Å². The molecule has 1 aliphatic rings. The van der Waals surface area contributed by atoms with Crippen molar-refractivity contribution in [3.05, 3.63) is 47.8 Å². The lowest BCUT2D eigenvalue weighted by Crippen LogP contribution is -2.25. The number of carbonyl (C=O) groups is 1. The van der Waals surface area contributed by atoms with Gasteiger partial charge in [-0.3, -0.25) is 4.79 Å². The minimum absolute atomic E-state index is 0.148. The largest absolute Gasteiger partial charge is 0.497 e. The average molecular weight is 312 g/mol. The molecule has 0 saturated carbocycles. The van der Waals surface area contributed by atoms with E-state index in [0.29, 0.717) is 17.9 Å². The molecule has 1 amide bonds. The Hall–Kier alpha value is -2.63. The Morgan fingerprint density at radius 2 is 2.13 bits per heavy atom. The van der Waals surface area contributed by atoms with Crippen molar-refractivity contribution in [3.8, 4) is 5.75 Å². The summed E-state index contributed by atoms with van der Waals surface area (Å²) in [6, 6.07) is 8.90. The van der Waals surface area contributed by atoms with Crippen LogP contribution in [0.5, 0.6) is 5.75 Å². The highest BCUT2D eigenvalue weighted by molar-refractivity contribution is 5.94. The van der Waals surface area contributed by atoms with E-state index in [1.807, 2.05) is 12.1 Å². The van der Waals surface area contributed by atoms with Gasteiger partial charge in [0.15, 0.2) is 0 Å². The van der Waals surface area contributed by atoms with E-state index in [4.69, 9.17) is 4.74 Å². The SMILES string of the molecule is COc1cccc(C(=O)NCc2ccnc(N3CCCC3)n2)c1. The van der Waals surface area contributed by atoms with Gasteiger partial charge in [0, 0.05) is 24.8 Å². The molecular weight excluding hydrogens is 292 g/mol. The number of hydrogen-bond donors (Lipinski definition) is 1. The fourth-order valence-electron chi connectivity index (χ4n) is 2.59. The topological polar surface area (TPSA) is 67.3 Å². The third kappa shape index (κ3) is 3.77. The Labute approximate surface area is 135 Å². The standard InChI is InChI=1S/C17H20N4O2/c1-23-15-6-4-5-13(11-15)16(22)19-12-14-7-8-18-17(20-14)21-9-2-3-10-21/h4-8,11H,2-3,9-10,12H2,1H3,(H,19,22). The zero-order chi connectivity index (χ0) is 16.1. The van der Waals surface area contributed by atoms with Gasteiger partial charge in [-0.1, -0.05) is 6.07 Å². The average Bonchev–Trinajstić information content (AvgIpc) is 3.14. The van der Waals surface area contributed by atoms with Gasteiger partial charge in [-0.05, 0) is 37.1 Å². The number of nitrogens with zero attached hydrogens (tertiary/aromatic N) is 3. The monoisotopic (exact) mass is 312 g/mol. The Morgan fingerprint density at radius 3 is 2.91 bits per heavy atom. The van der Waals surface area contributed by atoms with E-state index < -0.39 is 0 Å². The molecule has 0 spiro atoms. The van der Waals surface area contributed by atoms with Crippen molar-refractivity contribution < 1.29 is 9.53 Å². The first-order valence-electron chi connectivity index (χ1n) is 7.75. The molecule has 1 aromatic carbocycles. The zero-order valence-electron chi connectivity index (χ0n) is 13.2. The quantitative estimate of drug-likeness (QED) is 0.915. The molecule has 1 aliphatic heterocycles. The van der Waals surface area contributed by atoms with Crippen LogP contribution in [0.3, 0.4) is 0 Å². The van der Waals surface area contributed by atoms with Gasteiger partial charge in [0.05, 0.1) is 19.3 Å². The molecule has 6 heteroatoms. The first kappa shape index (κ1) is 15.3. The van der Waals surface area contributed by atoms with Gasteiger partial charge in [-0.2, -0.15) is 0 Å². The number of aromatic nitrogens is 2. The molecule has 23 heavy (non-hydrogen) atoms. The van der Waals surface area contributed by atoms with Gasteiger partial charge in [0.25, 0.3) is 5.91 Å². The molecule has 0 atom stereocenters. The predicted molar refractivity (Wildman–Crippen MR) is 87.6 cm³/mol. The lowest BCUT2D eigenvalue weighted by molar-refractivity contribution is 0.0950. The fourth-order valence-corrected chi connectivity index (χ4v) is 2.59. The number of anilines is 1. The van der Waals surface area contributed by atoms with E-state index in [2.05, 4.69) is 20.2 Å². The number of methoxy groups -OCH3 is 1. The Morgan fingerprint density at radius 1 is 1.30 bits per heavy atom. The number of benzene rings is 1. The van der Waals surface area contributed by atoms with Crippen LogP contribution in [0.1, 0.15) is 28.9 Å². The Kier molecular flexibility index (Phi) is 4.71. The van der Waals surface area contributed by atoms with Crippen LogP contribution in [-0.4, -0.2) is 36.1 Å². The molecule has 3 rings (SSSR count). The highest BCUT2D eigenvalue weighted by Gasteiger charge is 2.15. The Bertz CT molecular complexity index is 684. The lowest BCUT2D eigenvalue weighted by Gasteiger charge is -2.15. The summed E-state index contributed by atoms with van der Waals surface area (Å²) in [5, 5.41) is 2.88. The minimum atomic E-state index is -0.148. The van der Waals surface area contributed by atoms with Crippen molar-refractivity contribution >= 4 is 11.9 Å². The first-order valence-corrected chi connectivity index (χ1v) is 7.75. The van der Waals surface area contributed by atoms with Crippen molar-refractivity contribution in [2.24, 2.45) is 0 Å². The van der Waals surface area contributed by atoms with E-state index >= 15 is 0 Å². The number of ether oxygens (including phenoxy) is 1. The molecule has 6 nitrogen and oxygen atoms in total. The normalized spacial score (nSPS) is 13.9. The number of rotatable bonds is 5. The summed E-state index contributed by atoms with van der Waals surface area (Å²) in [6.45, 7) is 2.37. The van der Waals surface area contributed by atoms with E-state index in [1.54, 1.807) is 31.5 Å². The van der Waals surface area contributed by atoms with Crippen LogP contribution in [0, 0.1) is 0 Å². The zero-order valence-corrected chi connectivity index (χ0v) is 13.2. The van der Waals surface area contributed by atoms with Crippen LogP contribution in [0.15, 0.2) is 36.5 Å². The van der Waals surface area contributed by atoms with E-state index in [-0.39, 0.29) is 5.91 Å². The second-order valence-electron chi connectivity index (χ2n) is 5.46. The summed E-state index contributed by atoms with van der Waals surface area (Å²) in [5.41, 5.74) is 1.37. The third-order valence-corrected chi connectivity index (χ3v) is 3.85. The number of amides is 1. The van der Waals surface area contributed by atoms with Gasteiger partial charge < -0.3 is 15.0 Å². The van der Waals surface area contributed by atoms with E-state index in [0.717, 1.165) is 24.7 Å². The molecule has 1 fully saturated rings. The summed E-state index contributed by atoms with van der Waals surface area (Å²) in [7, 11) is 1.58. The molecular formula is C17H20N4O2. The molecule has 0 aliphatic carbocycles. The van der Waals surface area contributed by atoms with Crippen molar-refractivity contribution in [2.45, 2.75) is 19.4 Å². The second kappa shape index (κ2) is 7.09. The Balaban J connectivity index is 1.63. The highest BCUT2D eigenvalue weighted by Crippen LogP contribution is 2.15. The molecule has 1 N–H and O–H groups in total. The van der Waals surface area contributed by atoms with Crippen molar-refractivity contribution in [1.82, 2.24) is 15.3 Å². The smallest absolute Gasteiger partial charge is 0.251 e. The third-order valence-electron chi connectivity index (χ3n) is 3.85. The predicted octanol–water partition coefficient (Wildman–Crippen LogP) is 2.02. The molecule has 0 unspecified atom stereocenters. The van der Waals surface area contributed by atoms with Gasteiger partial charge >= 0.3 is 0 Å². The maximum atomic E-state index is 12.2. The fraction of sp³-hybridized carbons (Fsp3) is 0.353. The first-order chi connectivity index (χ1) is 11.3. The van der Waals surface area contributed by atoms with Crippen molar-refractivity contribution in [2.75, 3.05) is 25.1 Å². The van der Waals surface area contributed by atoms with Gasteiger partial charge in [0.2, 0.25) is 5.95 Å². The molecule has 2 heterocycles. The lowest BCUT2D eigenvalue weighted by atomic mass is 10.2. The number of nitrogens with one attached hydrogen (secondary N) is 1. The van der Waals surface area contributed by atoms with Crippen molar-refractivity contribution in [3.63, 3.8) is 0 Å². The van der Waals surface area contributed by atoms with E-state index in [9.17, 15) is 4.79 Å². The molecule has 120 valence electrons. The van der Waals surface area contributed by atoms with Gasteiger partial charge in [0.1, 0.15) is 5.75 Å². The number of hydrogen-bond acceptors (Lipinski definition) is 5. The van der Waals surface area contributed by atoms with Crippen LogP contribution in [0.4, 0.5) is 5.95 Å². The molecule has 0 bridgehead atoms. The molecule has 2 aromatic rings. The minimum Gasteiger partial charge on any atom is -0.497 e. The summed E-state index contributed by atoms with van der Waals surface area (Å²) in [4.78, 5) is 23.2. The number of carbonyl (C=O) groups excluding carboxylic acids is 1. The maximum Gasteiger partial charge on any atom is 0.251 e. The summed E-state index contributed by atoms with van der Waals surface area (Å²) in [6.07, 6.45) is 4.11. The van der Waals surface area contributed by atoms with Gasteiger partial charge in [-0.25, -0.2) is 9.97 Å². The van der Waals surface area contributed by atoms with Crippen LogP contribution in [-0.2, 0) is 6.54 Å². The molecule has 1 aromatic heterocycles. The molecule has 1 saturated heterocycles. The van der Waals surface area contributed by atoms with E-state index in [1.165, 1.54) is 12.8 Å². The van der Waals surface area contributed by atoms with Crippen LogP contribution in [0.2, 0.25) is 0 Å². The van der Waals surface area contributed by atoms with Gasteiger partial charge in [-0.15, -0.1) is 0 Å². The summed E-state index contributed by atoms with van der Waals surface area (Å²) < 4.78 is 5.13. The summed E-state index contributed by atoms with van der Waals surface area (Å²) >= 11 is 0. The van der Waals surface area contributed by atoms with Crippen LogP contribution in [0.25, 0.3) is 0 Å².